The van der Waals surface area contributed by atoms with Crippen molar-refractivity contribution in [2.45, 2.75) is 25.3 Å². The molecular formula is C25H24ClNO2S. The van der Waals surface area contributed by atoms with Crippen LogP contribution in [0.25, 0.3) is 11.1 Å². The lowest BCUT2D eigenvalue weighted by Crippen LogP contribution is -2.32. The molecule has 0 spiro atoms. The van der Waals surface area contributed by atoms with E-state index in [1.54, 1.807) is 11.8 Å². The minimum Gasteiger partial charge on any atom is -0.491 e. The fourth-order valence-corrected chi connectivity index (χ4v) is 4.40. The standard InChI is InChI=1S/C25H24ClNO2S/c1-16-4-5-18(12-17(16)2)19-6-9-24-20(13-19)15-27(10-11-29-24)25(28)22-8-7-21(30-3)14-23(22)26/h4-9,12-14H,10-11,15H2,1-3H3. The molecule has 0 bridgehead atoms. The second-order valence-electron chi connectivity index (χ2n) is 7.54. The predicted octanol–water partition coefficient (Wildman–Crippen LogP) is 6.38. The van der Waals surface area contributed by atoms with Crippen LogP contribution in [0.5, 0.6) is 5.75 Å². The van der Waals surface area contributed by atoms with Gasteiger partial charge in [-0.2, -0.15) is 0 Å². The molecule has 5 heteroatoms. The van der Waals surface area contributed by atoms with Gasteiger partial charge in [0.05, 0.1) is 17.1 Å². The van der Waals surface area contributed by atoms with Gasteiger partial charge in [0.2, 0.25) is 0 Å². The molecule has 0 aromatic heterocycles. The minimum absolute atomic E-state index is 0.0688. The van der Waals surface area contributed by atoms with Gasteiger partial charge in [-0.15, -0.1) is 11.8 Å². The largest absolute Gasteiger partial charge is 0.491 e. The third kappa shape index (κ3) is 4.21. The summed E-state index contributed by atoms with van der Waals surface area (Å²) in [6.07, 6.45) is 1.99. The Hall–Kier alpha value is -2.43. The van der Waals surface area contributed by atoms with Crippen LogP contribution < -0.4 is 4.74 Å². The number of aryl methyl sites for hydroxylation is 2. The van der Waals surface area contributed by atoms with Gasteiger partial charge in [-0.3, -0.25) is 4.79 Å². The van der Waals surface area contributed by atoms with Crippen LogP contribution in [0.1, 0.15) is 27.0 Å². The van der Waals surface area contributed by atoms with E-state index >= 15 is 0 Å². The SMILES string of the molecule is CSc1ccc(C(=O)N2CCOc3ccc(-c4ccc(C)c(C)c4)cc3C2)c(Cl)c1. The number of halogens is 1. The van der Waals surface area contributed by atoms with Gasteiger partial charge in [-0.1, -0.05) is 35.9 Å². The molecule has 4 rings (SSSR count). The summed E-state index contributed by atoms with van der Waals surface area (Å²) >= 11 is 8.01. The van der Waals surface area contributed by atoms with Crippen molar-refractivity contribution in [1.29, 1.82) is 0 Å². The van der Waals surface area contributed by atoms with Crippen LogP contribution in [0.3, 0.4) is 0 Å². The summed E-state index contributed by atoms with van der Waals surface area (Å²) in [6.45, 7) is 5.71. The number of amides is 1. The number of benzene rings is 3. The van der Waals surface area contributed by atoms with E-state index < -0.39 is 0 Å². The Kier molecular flexibility index (Phi) is 6.07. The normalized spacial score (nSPS) is 13.4. The molecule has 0 saturated carbocycles. The summed E-state index contributed by atoms with van der Waals surface area (Å²) in [4.78, 5) is 16.1. The van der Waals surface area contributed by atoms with Gasteiger partial charge < -0.3 is 9.64 Å². The van der Waals surface area contributed by atoms with Gasteiger partial charge in [0.25, 0.3) is 5.91 Å². The molecule has 0 saturated heterocycles. The zero-order valence-electron chi connectivity index (χ0n) is 17.4. The molecular weight excluding hydrogens is 414 g/mol. The van der Waals surface area contributed by atoms with Gasteiger partial charge in [-0.05, 0) is 72.7 Å². The Morgan fingerprint density at radius 2 is 1.77 bits per heavy atom. The summed E-state index contributed by atoms with van der Waals surface area (Å²) in [7, 11) is 0. The highest BCUT2D eigenvalue weighted by Crippen LogP contribution is 2.31. The lowest BCUT2D eigenvalue weighted by Gasteiger charge is -2.21. The van der Waals surface area contributed by atoms with E-state index in [0.29, 0.717) is 30.3 Å². The molecule has 3 aromatic carbocycles. The van der Waals surface area contributed by atoms with Gasteiger partial charge >= 0.3 is 0 Å². The van der Waals surface area contributed by atoms with Gasteiger partial charge in [0.15, 0.2) is 0 Å². The lowest BCUT2D eigenvalue weighted by atomic mass is 9.98. The fraction of sp³-hybridized carbons (Fsp3) is 0.240. The Balaban J connectivity index is 1.64. The molecule has 1 amide bonds. The fourth-order valence-electron chi connectivity index (χ4n) is 3.63. The second-order valence-corrected chi connectivity index (χ2v) is 8.83. The Morgan fingerprint density at radius 3 is 2.50 bits per heavy atom. The van der Waals surface area contributed by atoms with Crippen molar-refractivity contribution in [3.8, 4) is 16.9 Å². The molecule has 0 N–H and O–H groups in total. The van der Waals surface area contributed by atoms with Crippen molar-refractivity contribution in [3.05, 3.63) is 81.9 Å². The zero-order chi connectivity index (χ0) is 21.3. The number of hydrogen-bond donors (Lipinski definition) is 0. The summed E-state index contributed by atoms with van der Waals surface area (Å²) in [6, 6.07) is 18.3. The van der Waals surface area contributed by atoms with Crippen LogP contribution in [0.4, 0.5) is 0 Å². The molecule has 1 aliphatic rings. The van der Waals surface area contributed by atoms with Crippen molar-refractivity contribution < 1.29 is 9.53 Å². The zero-order valence-corrected chi connectivity index (χ0v) is 18.9. The summed E-state index contributed by atoms with van der Waals surface area (Å²) in [5, 5.41) is 0.487. The number of nitrogens with zero attached hydrogens (tertiary/aromatic N) is 1. The third-order valence-electron chi connectivity index (χ3n) is 5.57. The predicted molar refractivity (Wildman–Crippen MR) is 125 cm³/mol. The number of rotatable bonds is 3. The first-order chi connectivity index (χ1) is 14.5. The molecule has 0 atom stereocenters. The summed E-state index contributed by atoms with van der Waals surface area (Å²) in [5.74, 6) is 0.766. The lowest BCUT2D eigenvalue weighted by molar-refractivity contribution is 0.0733. The van der Waals surface area contributed by atoms with E-state index in [-0.39, 0.29) is 5.91 Å². The Bertz CT molecular complexity index is 1110. The number of carbonyl (C=O) groups is 1. The van der Waals surface area contributed by atoms with E-state index in [0.717, 1.165) is 21.8 Å². The van der Waals surface area contributed by atoms with Crippen molar-refractivity contribution >= 4 is 29.3 Å². The van der Waals surface area contributed by atoms with E-state index in [4.69, 9.17) is 16.3 Å². The summed E-state index contributed by atoms with van der Waals surface area (Å²) in [5.41, 5.74) is 6.37. The molecule has 3 nitrogen and oxygen atoms in total. The molecule has 0 unspecified atom stereocenters. The highest BCUT2D eigenvalue weighted by molar-refractivity contribution is 7.98. The smallest absolute Gasteiger partial charge is 0.255 e. The van der Waals surface area contributed by atoms with E-state index in [9.17, 15) is 4.79 Å². The first-order valence-electron chi connectivity index (χ1n) is 9.92. The summed E-state index contributed by atoms with van der Waals surface area (Å²) < 4.78 is 5.93. The molecule has 1 aliphatic heterocycles. The molecule has 1 heterocycles. The molecule has 0 fully saturated rings. The topological polar surface area (TPSA) is 29.5 Å². The van der Waals surface area contributed by atoms with Crippen LogP contribution in [0, 0.1) is 13.8 Å². The maximum atomic E-state index is 13.2. The molecule has 0 aliphatic carbocycles. The number of hydrogen-bond acceptors (Lipinski definition) is 3. The highest BCUT2D eigenvalue weighted by Gasteiger charge is 2.23. The van der Waals surface area contributed by atoms with Crippen LogP contribution in [-0.4, -0.2) is 30.2 Å². The van der Waals surface area contributed by atoms with E-state index in [1.807, 2.05) is 35.4 Å². The Labute approximate surface area is 187 Å². The maximum Gasteiger partial charge on any atom is 0.255 e. The second kappa shape index (κ2) is 8.75. The molecule has 0 radical (unpaired) electrons. The average Bonchev–Trinajstić information content (AvgIpc) is 2.97. The maximum absolute atomic E-state index is 13.2. The van der Waals surface area contributed by atoms with Crippen molar-refractivity contribution in [1.82, 2.24) is 4.90 Å². The van der Waals surface area contributed by atoms with Crippen LogP contribution >= 0.6 is 23.4 Å². The number of fused-ring (bicyclic) bond motifs is 1. The first kappa shape index (κ1) is 20.8. The molecule has 154 valence electrons. The van der Waals surface area contributed by atoms with Gasteiger partial charge in [0.1, 0.15) is 12.4 Å². The van der Waals surface area contributed by atoms with Crippen molar-refractivity contribution in [2.75, 3.05) is 19.4 Å². The van der Waals surface area contributed by atoms with Gasteiger partial charge in [0, 0.05) is 17.0 Å². The number of thioether (sulfide) groups is 1. The quantitative estimate of drug-likeness (QED) is 0.445. The van der Waals surface area contributed by atoms with Crippen LogP contribution in [0.15, 0.2) is 59.5 Å². The van der Waals surface area contributed by atoms with Crippen LogP contribution in [0.2, 0.25) is 5.02 Å². The Morgan fingerprint density at radius 1 is 1.00 bits per heavy atom. The number of carbonyl (C=O) groups excluding carboxylic acids is 1. The first-order valence-corrected chi connectivity index (χ1v) is 11.5. The van der Waals surface area contributed by atoms with Crippen molar-refractivity contribution in [3.63, 3.8) is 0 Å². The average molecular weight is 438 g/mol. The number of ether oxygens (including phenoxy) is 1. The van der Waals surface area contributed by atoms with Crippen molar-refractivity contribution in [2.24, 2.45) is 0 Å². The minimum atomic E-state index is -0.0688. The van der Waals surface area contributed by atoms with Gasteiger partial charge in [-0.25, -0.2) is 0 Å². The van der Waals surface area contributed by atoms with E-state index in [2.05, 4.69) is 44.2 Å². The molecule has 30 heavy (non-hydrogen) atoms. The van der Waals surface area contributed by atoms with E-state index in [1.165, 1.54) is 16.7 Å². The highest BCUT2D eigenvalue weighted by atomic mass is 35.5. The monoisotopic (exact) mass is 437 g/mol. The third-order valence-corrected chi connectivity index (χ3v) is 6.61. The molecule has 3 aromatic rings. The van der Waals surface area contributed by atoms with Crippen LogP contribution in [-0.2, 0) is 6.54 Å².